The van der Waals surface area contributed by atoms with Crippen molar-refractivity contribution in [3.63, 3.8) is 0 Å². The van der Waals surface area contributed by atoms with Gasteiger partial charge in [0.15, 0.2) is 0 Å². The van der Waals surface area contributed by atoms with Gasteiger partial charge in [0.1, 0.15) is 0 Å². The summed E-state index contributed by atoms with van der Waals surface area (Å²) < 4.78 is 1.21. The molecule has 1 rings (SSSR count). The van der Waals surface area contributed by atoms with Gasteiger partial charge in [-0.25, -0.2) is 0 Å². The van der Waals surface area contributed by atoms with E-state index in [1.807, 2.05) is 0 Å². The van der Waals surface area contributed by atoms with Gasteiger partial charge in [-0.05, 0) is 48.4 Å². The van der Waals surface area contributed by atoms with E-state index in [-0.39, 0.29) is 0 Å². The number of aryl methyl sites for hydroxylation is 1. The fourth-order valence-electron chi connectivity index (χ4n) is 2.41. The van der Waals surface area contributed by atoms with Crippen LogP contribution in [0.25, 0.3) is 0 Å². The minimum atomic E-state index is 0.735. The number of nitrogens with one attached hydrogen (secondary N) is 1. The van der Waals surface area contributed by atoms with Crippen molar-refractivity contribution in [2.45, 2.75) is 41.2 Å². The molecule has 0 aliphatic heterocycles. The van der Waals surface area contributed by atoms with Gasteiger partial charge in [0, 0.05) is 11.0 Å². The van der Waals surface area contributed by atoms with Gasteiger partial charge in [-0.2, -0.15) is 0 Å². The average molecular weight is 312 g/mol. The fraction of sp³-hybridized carbons (Fsp3) is 0.625. The monoisotopic (exact) mass is 311 g/mol. The lowest BCUT2D eigenvalue weighted by Gasteiger charge is -2.25. The second-order valence-electron chi connectivity index (χ2n) is 5.88. The van der Waals surface area contributed by atoms with Crippen LogP contribution in [0.2, 0.25) is 0 Å². The highest BCUT2D eigenvalue weighted by atomic mass is 79.9. The summed E-state index contributed by atoms with van der Waals surface area (Å²) in [4.78, 5) is 0. The predicted molar refractivity (Wildman–Crippen MR) is 83.8 cm³/mol. The van der Waals surface area contributed by atoms with E-state index in [4.69, 9.17) is 0 Å². The minimum Gasteiger partial charge on any atom is -0.312 e. The molecule has 0 unspecified atom stereocenters. The summed E-state index contributed by atoms with van der Waals surface area (Å²) in [5.74, 6) is 2.21. The van der Waals surface area contributed by atoms with Crippen LogP contribution < -0.4 is 5.32 Å². The van der Waals surface area contributed by atoms with Crippen molar-refractivity contribution in [1.82, 2.24) is 5.32 Å². The third-order valence-corrected chi connectivity index (χ3v) is 4.35. The van der Waals surface area contributed by atoms with Crippen LogP contribution >= 0.6 is 15.9 Å². The lowest BCUT2D eigenvalue weighted by atomic mass is 9.85. The lowest BCUT2D eigenvalue weighted by molar-refractivity contribution is 0.275. The predicted octanol–water partition coefficient (Wildman–Crippen LogP) is 4.78. The third-order valence-electron chi connectivity index (χ3n) is 3.62. The topological polar surface area (TPSA) is 12.0 Å². The molecule has 1 aromatic rings. The molecule has 0 aromatic heterocycles. The number of hydrogen-bond donors (Lipinski definition) is 1. The van der Waals surface area contributed by atoms with Crippen LogP contribution in [0.1, 0.15) is 38.8 Å². The molecule has 0 amide bonds. The summed E-state index contributed by atoms with van der Waals surface area (Å²) in [6, 6.07) is 6.55. The number of halogens is 1. The van der Waals surface area contributed by atoms with Crippen molar-refractivity contribution in [1.29, 1.82) is 0 Å². The van der Waals surface area contributed by atoms with Gasteiger partial charge in [0.2, 0.25) is 0 Å². The van der Waals surface area contributed by atoms with E-state index in [2.05, 4.69) is 74.1 Å². The Labute approximate surface area is 120 Å². The van der Waals surface area contributed by atoms with Gasteiger partial charge in [0.25, 0.3) is 0 Å². The van der Waals surface area contributed by atoms with E-state index < -0.39 is 0 Å². The highest BCUT2D eigenvalue weighted by Crippen LogP contribution is 2.21. The number of hydrogen-bond acceptors (Lipinski definition) is 1. The van der Waals surface area contributed by atoms with Crippen LogP contribution in [-0.2, 0) is 6.54 Å². The summed E-state index contributed by atoms with van der Waals surface area (Å²) in [6.07, 6.45) is 0. The maximum atomic E-state index is 3.63. The highest BCUT2D eigenvalue weighted by molar-refractivity contribution is 9.10. The Kier molecular flexibility index (Phi) is 6.37. The summed E-state index contributed by atoms with van der Waals surface area (Å²) >= 11 is 3.63. The average Bonchev–Trinajstić information content (AvgIpc) is 2.25. The summed E-state index contributed by atoms with van der Waals surface area (Å²) in [5.41, 5.74) is 2.64. The molecule has 0 radical (unpaired) electrons. The van der Waals surface area contributed by atoms with Gasteiger partial charge in [-0.1, -0.05) is 55.8 Å². The smallest absolute Gasteiger partial charge is 0.0222 e. The molecule has 1 nitrogen and oxygen atoms in total. The number of rotatable bonds is 6. The van der Waals surface area contributed by atoms with Gasteiger partial charge in [0.05, 0.1) is 0 Å². The van der Waals surface area contributed by atoms with Crippen molar-refractivity contribution in [3.05, 3.63) is 33.8 Å². The molecular formula is C16H26BrN. The van der Waals surface area contributed by atoms with Crippen LogP contribution in [0.3, 0.4) is 0 Å². The zero-order valence-corrected chi connectivity index (χ0v) is 13.8. The van der Waals surface area contributed by atoms with Crippen LogP contribution in [0.5, 0.6) is 0 Å². The first-order valence-electron chi connectivity index (χ1n) is 6.87. The van der Waals surface area contributed by atoms with E-state index in [0.29, 0.717) is 0 Å². The Hall–Kier alpha value is -0.340. The fourth-order valence-corrected chi connectivity index (χ4v) is 3.04. The second-order valence-corrected chi connectivity index (χ2v) is 6.73. The molecule has 0 heterocycles. The molecule has 0 saturated carbocycles. The Morgan fingerprint density at radius 2 is 1.72 bits per heavy atom. The van der Waals surface area contributed by atoms with E-state index in [9.17, 15) is 0 Å². The molecule has 18 heavy (non-hydrogen) atoms. The molecule has 1 N–H and O–H groups in total. The van der Waals surface area contributed by atoms with E-state index in [0.717, 1.165) is 30.8 Å². The van der Waals surface area contributed by atoms with Gasteiger partial charge in [-0.3, -0.25) is 0 Å². The molecule has 0 fully saturated rings. The molecule has 102 valence electrons. The normalized spacial score (nSPS) is 11.8. The molecule has 0 aliphatic carbocycles. The molecule has 0 aliphatic rings. The van der Waals surface area contributed by atoms with Crippen LogP contribution in [0.4, 0.5) is 0 Å². The molecule has 0 saturated heterocycles. The van der Waals surface area contributed by atoms with Crippen LogP contribution in [-0.4, -0.2) is 6.54 Å². The summed E-state index contributed by atoms with van der Waals surface area (Å²) in [6.45, 7) is 13.4. The van der Waals surface area contributed by atoms with Crippen LogP contribution in [0.15, 0.2) is 22.7 Å². The summed E-state index contributed by atoms with van der Waals surface area (Å²) in [7, 11) is 0. The third kappa shape index (κ3) is 4.74. The zero-order chi connectivity index (χ0) is 13.7. The molecule has 0 spiro atoms. The Balaban J connectivity index is 2.50. The van der Waals surface area contributed by atoms with Gasteiger partial charge >= 0.3 is 0 Å². The van der Waals surface area contributed by atoms with Crippen molar-refractivity contribution in [2.75, 3.05) is 6.54 Å². The lowest BCUT2D eigenvalue weighted by Crippen LogP contribution is -2.29. The van der Waals surface area contributed by atoms with Crippen molar-refractivity contribution in [3.8, 4) is 0 Å². The first-order valence-corrected chi connectivity index (χ1v) is 7.66. The zero-order valence-electron chi connectivity index (χ0n) is 12.3. The maximum absolute atomic E-state index is 3.63. The largest absolute Gasteiger partial charge is 0.312 e. The Bertz CT molecular complexity index is 363. The van der Waals surface area contributed by atoms with Crippen LogP contribution in [0, 0.1) is 24.7 Å². The molecule has 1 aromatic carbocycles. The van der Waals surface area contributed by atoms with E-state index >= 15 is 0 Å². The molecule has 2 heteroatoms. The Morgan fingerprint density at radius 3 is 2.22 bits per heavy atom. The minimum absolute atomic E-state index is 0.735. The molecular weight excluding hydrogens is 286 g/mol. The van der Waals surface area contributed by atoms with E-state index in [1.165, 1.54) is 15.6 Å². The SMILES string of the molecule is Cc1ccc(CNCC(C(C)C)C(C)C)c(Br)c1. The quantitative estimate of drug-likeness (QED) is 0.797. The van der Waals surface area contributed by atoms with Gasteiger partial charge < -0.3 is 5.32 Å². The van der Waals surface area contributed by atoms with Gasteiger partial charge in [-0.15, -0.1) is 0 Å². The molecule has 0 atom stereocenters. The summed E-state index contributed by atoms with van der Waals surface area (Å²) in [5, 5.41) is 3.59. The van der Waals surface area contributed by atoms with Crippen molar-refractivity contribution in [2.24, 2.45) is 17.8 Å². The molecule has 0 bridgehead atoms. The van der Waals surface area contributed by atoms with E-state index in [1.54, 1.807) is 0 Å². The second kappa shape index (κ2) is 7.30. The maximum Gasteiger partial charge on any atom is 0.0222 e. The van der Waals surface area contributed by atoms with Crippen molar-refractivity contribution < 1.29 is 0 Å². The highest BCUT2D eigenvalue weighted by Gasteiger charge is 2.16. The standard InChI is InChI=1S/C16H26BrN/c1-11(2)15(12(3)4)10-18-9-14-7-6-13(5)8-16(14)17/h6-8,11-12,15,18H,9-10H2,1-5H3. The Morgan fingerprint density at radius 1 is 1.11 bits per heavy atom. The first-order chi connectivity index (χ1) is 8.41. The first kappa shape index (κ1) is 15.7. The number of benzene rings is 1. The van der Waals surface area contributed by atoms with Crippen molar-refractivity contribution >= 4 is 15.9 Å².